The molecule has 0 aromatic heterocycles. The van der Waals surface area contributed by atoms with Crippen molar-refractivity contribution in [2.45, 2.75) is 47.2 Å². The molecular weight excluding hydrogens is 175 g/mol. The van der Waals surface area contributed by atoms with E-state index in [1.165, 1.54) is 30.5 Å². The molecule has 0 unspecified atom stereocenters. The SMILES string of the molecule is CC1=C(C)C(C)=C(C)C1=PC(C)C. The Bertz CT molecular complexity index is 288. The molecule has 13 heavy (non-hydrogen) atoms. The third kappa shape index (κ3) is 1.94. The Morgan fingerprint density at radius 1 is 0.769 bits per heavy atom. The van der Waals surface area contributed by atoms with Gasteiger partial charge >= 0.3 is 0 Å². The summed E-state index contributed by atoms with van der Waals surface area (Å²) in [6.45, 7) is 13.5. The molecule has 0 aromatic carbocycles. The molecule has 0 bridgehead atoms. The fourth-order valence-electron chi connectivity index (χ4n) is 1.65. The molecule has 0 radical (unpaired) electrons. The predicted octanol–water partition coefficient (Wildman–Crippen LogP) is 4.20. The van der Waals surface area contributed by atoms with Crippen LogP contribution in [0.5, 0.6) is 0 Å². The second-order valence-electron chi connectivity index (χ2n) is 4.07. The van der Waals surface area contributed by atoms with Crippen LogP contribution in [0.15, 0.2) is 22.3 Å². The lowest BCUT2D eigenvalue weighted by Crippen LogP contribution is -1.96. The maximum atomic E-state index is 2.28. The van der Waals surface area contributed by atoms with E-state index in [-0.39, 0.29) is 0 Å². The summed E-state index contributed by atoms with van der Waals surface area (Å²) in [5.74, 6) is 0. The van der Waals surface area contributed by atoms with E-state index in [0.29, 0.717) is 0 Å². The molecule has 0 saturated carbocycles. The van der Waals surface area contributed by atoms with Crippen molar-refractivity contribution in [3.05, 3.63) is 22.3 Å². The molecule has 72 valence electrons. The van der Waals surface area contributed by atoms with Crippen molar-refractivity contribution in [1.82, 2.24) is 0 Å². The monoisotopic (exact) mass is 194 g/mol. The average molecular weight is 194 g/mol. The molecule has 1 heteroatoms. The predicted molar refractivity (Wildman–Crippen MR) is 63.8 cm³/mol. The van der Waals surface area contributed by atoms with Gasteiger partial charge in [0.15, 0.2) is 0 Å². The van der Waals surface area contributed by atoms with Crippen molar-refractivity contribution in [1.29, 1.82) is 0 Å². The Morgan fingerprint density at radius 3 is 1.46 bits per heavy atom. The van der Waals surface area contributed by atoms with Gasteiger partial charge in [-0.2, -0.15) is 0 Å². The van der Waals surface area contributed by atoms with Crippen LogP contribution < -0.4 is 0 Å². The Hall–Kier alpha value is -0.350. The summed E-state index contributed by atoms with van der Waals surface area (Å²) in [4.78, 5) is 0. The van der Waals surface area contributed by atoms with Crippen LogP contribution in [0, 0.1) is 0 Å². The molecule has 0 nitrogen and oxygen atoms in total. The van der Waals surface area contributed by atoms with Gasteiger partial charge in [0.25, 0.3) is 0 Å². The van der Waals surface area contributed by atoms with E-state index in [1.807, 2.05) is 0 Å². The largest absolute Gasteiger partial charge is 0.0931 e. The van der Waals surface area contributed by atoms with Gasteiger partial charge in [-0.3, -0.25) is 0 Å². The van der Waals surface area contributed by atoms with Crippen LogP contribution in [-0.4, -0.2) is 11.0 Å². The molecular formula is C12H19P. The van der Waals surface area contributed by atoms with Crippen LogP contribution in [0.25, 0.3) is 0 Å². The van der Waals surface area contributed by atoms with E-state index >= 15 is 0 Å². The minimum atomic E-state index is 0.735. The van der Waals surface area contributed by atoms with E-state index < -0.39 is 0 Å². The maximum absolute atomic E-state index is 2.28. The molecule has 1 aliphatic rings. The summed E-state index contributed by atoms with van der Waals surface area (Å²) in [6, 6.07) is 0. The molecule has 0 aromatic rings. The second kappa shape index (κ2) is 3.80. The van der Waals surface area contributed by atoms with E-state index in [9.17, 15) is 0 Å². The third-order valence-electron chi connectivity index (χ3n) is 2.79. The molecule has 0 saturated heterocycles. The standard InChI is InChI=1S/C12H19P/c1-7(2)13-12-10(5)8(3)9(4)11(12)6/h7H,1-6H3. The van der Waals surface area contributed by atoms with Gasteiger partial charge in [-0.1, -0.05) is 22.1 Å². The fraction of sp³-hybridized carbons (Fsp3) is 0.583. The van der Waals surface area contributed by atoms with Crippen LogP contribution in [0.1, 0.15) is 41.5 Å². The molecule has 0 N–H and O–H groups in total. The Balaban J connectivity index is 3.17. The summed E-state index contributed by atoms with van der Waals surface area (Å²) in [7, 11) is 1.48. The van der Waals surface area contributed by atoms with E-state index in [4.69, 9.17) is 0 Å². The molecule has 0 aliphatic heterocycles. The highest BCUT2D eigenvalue weighted by atomic mass is 31.1. The zero-order chi connectivity index (χ0) is 10.2. The van der Waals surface area contributed by atoms with Gasteiger partial charge in [0.05, 0.1) is 0 Å². The van der Waals surface area contributed by atoms with E-state index in [1.54, 1.807) is 5.29 Å². The summed E-state index contributed by atoms with van der Waals surface area (Å²) < 4.78 is 0. The van der Waals surface area contributed by atoms with Crippen molar-refractivity contribution in [2.24, 2.45) is 0 Å². The Kier molecular flexibility index (Phi) is 3.14. The highest BCUT2D eigenvalue weighted by molar-refractivity contribution is 7.42. The number of allylic oxidation sites excluding steroid dienone is 4. The van der Waals surface area contributed by atoms with Crippen LogP contribution in [0.3, 0.4) is 0 Å². The van der Waals surface area contributed by atoms with Crippen molar-refractivity contribution in [3.63, 3.8) is 0 Å². The highest BCUT2D eigenvalue weighted by Gasteiger charge is 2.18. The summed E-state index contributed by atoms with van der Waals surface area (Å²) in [5, 5.41) is 1.56. The average Bonchev–Trinajstić information content (AvgIpc) is 2.22. The van der Waals surface area contributed by atoms with Gasteiger partial charge < -0.3 is 0 Å². The summed E-state index contributed by atoms with van der Waals surface area (Å²) in [5.41, 5.74) is 6.72. The van der Waals surface area contributed by atoms with Gasteiger partial charge in [0.2, 0.25) is 0 Å². The minimum absolute atomic E-state index is 0.735. The zero-order valence-electron chi connectivity index (χ0n) is 9.52. The van der Waals surface area contributed by atoms with Crippen LogP contribution in [-0.2, 0) is 0 Å². The first kappa shape index (κ1) is 10.7. The van der Waals surface area contributed by atoms with Crippen LogP contribution in [0.2, 0.25) is 0 Å². The van der Waals surface area contributed by atoms with Gasteiger partial charge in [0.1, 0.15) is 0 Å². The van der Waals surface area contributed by atoms with Crippen molar-refractivity contribution in [3.8, 4) is 0 Å². The Morgan fingerprint density at radius 2 is 1.15 bits per heavy atom. The van der Waals surface area contributed by atoms with Gasteiger partial charge in [0, 0.05) is 5.29 Å². The lowest BCUT2D eigenvalue weighted by Gasteiger charge is -2.04. The van der Waals surface area contributed by atoms with Gasteiger partial charge in [-0.15, -0.1) is 0 Å². The molecule has 1 rings (SSSR count). The molecule has 0 spiro atoms. The molecule has 0 fully saturated rings. The summed E-state index contributed by atoms with van der Waals surface area (Å²) >= 11 is 0. The molecule has 0 heterocycles. The van der Waals surface area contributed by atoms with E-state index in [2.05, 4.69) is 41.5 Å². The first-order valence-electron chi connectivity index (χ1n) is 4.89. The van der Waals surface area contributed by atoms with Crippen molar-refractivity contribution in [2.75, 3.05) is 0 Å². The van der Waals surface area contributed by atoms with Gasteiger partial charge in [-0.05, 0) is 55.6 Å². The normalized spacial score (nSPS) is 18.5. The highest BCUT2D eigenvalue weighted by Crippen LogP contribution is 2.33. The first-order chi connectivity index (χ1) is 5.95. The zero-order valence-corrected chi connectivity index (χ0v) is 10.4. The maximum Gasteiger partial charge on any atom is 0.00427 e. The van der Waals surface area contributed by atoms with Crippen molar-refractivity contribution < 1.29 is 0 Å². The minimum Gasteiger partial charge on any atom is -0.0931 e. The van der Waals surface area contributed by atoms with E-state index in [0.717, 1.165) is 5.66 Å². The number of hydrogen-bond acceptors (Lipinski definition) is 0. The lowest BCUT2D eigenvalue weighted by atomic mass is 10.1. The number of rotatable bonds is 1. The Labute approximate surface area is 83.5 Å². The molecule has 1 aliphatic carbocycles. The molecule has 0 atom stereocenters. The van der Waals surface area contributed by atoms with Crippen molar-refractivity contribution >= 4 is 13.5 Å². The smallest absolute Gasteiger partial charge is 0.00427 e. The van der Waals surface area contributed by atoms with Crippen LogP contribution >= 0.6 is 8.20 Å². The lowest BCUT2D eigenvalue weighted by molar-refractivity contribution is 1.11. The quantitative estimate of drug-likeness (QED) is 0.549. The number of hydrogen-bond donors (Lipinski definition) is 0. The van der Waals surface area contributed by atoms with Crippen LogP contribution in [0.4, 0.5) is 0 Å². The fourth-order valence-corrected chi connectivity index (χ4v) is 2.89. The third-order valence-corrected chi connectivity index (χ3v) is 4.23. The summed E-state index contributed by atoms with van der Waals surface area (Å²) in [6.07, 6.45) is 0. The van der Waals surface area contributed by atoms with Gasteiger partial charge in [-0.25, -0.2) is 0 Å². The second-order valence-corrected chi connectivity index (χ2v) is 5.81. The first-order valence-corrected chi connectivity index (χ1v) is 5.85. The molecule has 0 amide bonds. The topological polar surface area (TPSA) is 0 Å².